The van der Waals surface area contributed by atoms with Crippen LogP contribution < -0.4 is 11.1 Å². The number of hydrogen-bond donors (Lipinski definition) is 2. The Balaban J connectivity index is 2.15. The van der Waals surface area contributed by atoms with Gasteiger partial charge in [0, 0.05) is 24.7 Å². The van der Waals surface area contributed by atoms with E-state index in [1.54, 1.807) is 6.07 Å². The van der Waals surface area contributed by atoms with Crippen LogP contribution in [0.1, 0.15) is 56.5 Å². The Morgan fingerprint density at radius 1 is 1.31 bits per heavy atom. The summed E-state index contributed by atoms with van der Waals surface area (Å²) in [6.45, 7) is 11.5. The molecule has 1 saturated heterocycles. The summed E-state index contributed by atoms with van der Waals surface area (Å²) in [6.07, 6.45) is 1.41. The molecule has 2 amide bonds. The van der Waals surface area contributed by atoms with Crippen LogP contribution in [0.15, 0.2) is 24.3 Å². The van der Waals surface area contributed by atoms with Crippen molar-refractivity contribution < 1.29 is 9.59 Å². The summed E-state index contributed by atoms with van der Waals surface area (Å²) < 4.78 is 0. The minimum Gasteiger partial charge on any atom is -0.340 e. The van der Waals surface area contributed by atoms with E-state index in [9.17, 15) is 9.59 Å². The van der Waals surface area contributed by atoms with Gasteiger partial charge < -0.3 is 16.0 Å². The molecule has 3 N–H and O–H groups in total. The first kappa shape index (κ1) is 20.4. The zero-order valence-electron chi connectivity index (χ0n) is 16.7. The fourth-order valence-electron chi connectivity index (χ4n) is 3.54. The van der Waals surface area contributed by atoms with Gasteiger partial charge in [-0.2, -0.15) is 0 Å². The van der Waals surface area contributed by atoms with Crippen molar-refractivity contribution in [1.82, 2.24) is 10.2 Å². The monoisotopic (exact) mass is 359 g/mol. The van der Waals surface area contributed by atoms with Gasteiger partial charge in [-0.15, -0.1) is 0 Å². The molecule has 1 aliphatic rings. The normalized spacial score (nSPS) is 20.7. The van der Waals surface area contributed by atoms with Crippen LogP contribution in [-0.2, 0) is 4.79 Å². The third-order valence-corrected chi connectivity index (χ3v) is 5.32. The van der Waals surface area contributed by atoms with Gasteiger partial charge in [-0.25, -0.2) is 0 Å². The summed E-state index contributed by atoms with van der Waals surface area (Å²) in [5.41, 5.74) is 7.61. The average molecular weight is 360 g/mol. The quantitative estimate of drug-likeness (QED) is 0.849. The lowest BCUT2D eigenvalue weighted by Crippen LogP contribution is -2.58. The Kier molecular flexibility index (Phi) is 6.45. The van der Waals surface area contributed by atoms with Gasteiger partial charge >= 0.3 is 0 Å². The summed E-state index contributed by atoms with van der Waals surface area (Å²) in [7, 11) is 0. The summed E-state index contributed by atoms with van der Waals surface area (Å²) in [5, 5.41) is 2.98. The third-order valence-electron chi connectivity index (χ3n) is 5.32. The van der Waals surface area contributed by atoms with Crippen LogP contribution >= 0.6 is 0 Å². The second kappa shape index (κ2) is 8.21. The number of likely N-dealkylation sites (tertiary alicyclic amines) is 1. The van der Waals surface area contributed by atoms with Crippen LogP contribution in [0.5, 0.6) is 0 Å². The predicted molar refractivity (Wildman–Crippen MR) is 105 cm³/mol. The Labute approximate surface area is 157 Å². The molecule has 2 rings (SSSR count). The molecule has 1 heterocycles. The molecule has 1 aromatic rings. The summed E-state index contributed by atoms with van der Waals surface area (Å²) >= 11 is 0. The Morgan fingerprint density at radius 2 is 1.96 bits per heavy atom. The van der Waals surface area contributed by atoms with E-state index in [4.69, 9.17) is 5.73 Å². The van der Waals surface area contributed by atoms with Crippen LogP contribution in [0.25, 0.3) is 0 Å². The number of carbonyl (C=O) groups excluding carboxylic acids is 2. The summed E-state index contributed by atoms with van der Waals surface area (Å²) in [6, 6.07) is 7.04. The average Bonchev–Trinajstić information content (AvgIpc) is 2.56. The Hall–Kier alpha value is -1.88. The maximum Gasteiger partial charge on any atom is 0.252 e. The molecular weight excluding hydrogens is 326 g/mol. The first-order valence-corrected chi connectivity index (χ1v) is 9.52. The molecule has 26 heavy (non-hydrogen) atoms. The SMILES string of the molecule is Cc1ccccc1C(=O)NC(CC(C)C)C(=O)N1CCC(N)C(C)(C)C1. The Bertz CT molecular complexity index is 654. The van der Waals surface area contributed by atoms with E-state index in [-0.39, 0.29) is 23.3 Å². The van der Waals surface area contributed by atoms with Crippen LogP contribution in [-0.4, -0.2) is 41.9 Å². The van der Waals surface area contributed by atoms with Crippen molar-refractivity contribution >= 4 is 11.8 Å². The fourth-order valence-corrected chi connectivity index (χ4v) is 3.54. The van der Waals surface area contributed by atoms with Crippen LogP contribution in [0, 0.1) is 18.3 Å². The Morgan fingerprint density at radius 3 is 2.54 bits per heavy atom. The minimum absolute atomic E-state index is 0.000564. The molecule has 1 fully saturated rings. The van der Waals surface area contributed by atoms with Crippen molar-refractivity contribution in [2.24, 2.45) is 17.1 Å². The first-order valence-electron chi connectivity index (χ1n) is 9.52. The predicted octanol–water partition coefficient (Wildman–Crippen LogP) is 2.73. The lowest BCUT2D eigenvalue weighted by molar-refractivity contribution is -0.137. The zero-order valence-corrected chi connectivity index (χ0v) is 16.7. The van der Waals surface area contributed by atoms with Crippen molar-refractivity contribution in [3.8, 4) is 0 Å². The number of hydrogen-bond acceptors (Lipinski definition) is 3. The molecule has 0 radical (unpaired) electrons. The van der Waals surface area contributed by atoms with Crippen molar-refractivity contribution in [3.63, 3.8) is 0 Å². The molecule has 0 spiro atoms. The fraction of sp³-hybridized carbons (Fsp3) is 0.619. The first-order chi connectivity index (χ1) is 12.1. The van der Waals surface area contributed by atoms with Gasteiger partial charge in [0.15, 0.2) is 0 Å². The van der Waals surface area contributed by atoms with Crippen molar-refractivity contribution in [2.45, 2.75) is 59.5 Å². The molecule has 5 nitrogen and oxygen atoms in total. The van der Waals surface area contributed by atoms with Gasteiger partial charge in [-0.3, -0.25) is 9.59 Å². The second-order valence-electron chi connectivity index (χ2n) is 8.61. The molecular formula is C21H33N3O2. The highest BCUT2D eigenvalue weighted by molar-refractivity contribution is 5.98. The number of nitrogens with zero attached hydrogens (tertiary/aromatic N) is 1. The molecule has 1 aromatic carbocycles. The van der Waals surface area contributed by atoms with E-state index >= 15 is 0 Å². The van der Waals surface area contributed by atoms with E-state index in [2.05, 4.69) is 33.0 Å². The van der Waals surface area contributed by atoms with Gasteiger partial charge in [0.05, 0.1) is 0 Å². The number of benzene rings is 1. The van der Waals surface area contributed by atoms with Crippen molar-refractivity contribution in [1.29, 1.82) is 0 Å². The van der Waals surface area contributed by atoms with E-state index < -0.39 is 6.04 Å². The minimum atomic E-state index is -0.507. The maximum absolute atomic E-state index is 13.2. The molecule has 0 aromatic heterocycles. The van der Waals surface area contributed by atoms with Crippen LogP contribution in [0.2, 0.25) is 0 Å². The maximum atomic E-state index is 13.2. The number of nitrogens with two attached hydrogens (primary N) is 1. The van der Waals surface area contributed by atoms with Gasteiger partial charge in [0.2, 0.25) is 5.91 Å². The molecule has 2 atom stereocenters. The number of piperidine rings is 1. The van der Waals surface area contributed by atoms with E-state index in [1.165, 1.54) is 0 Å². The van der Waals surface area contributed by atoms with E-state index in [0.29, 0.717) is 31.0 Å². The molecule has 5 heteroatoms. The lowest BCUT2D eigenvalue weighted by Gasteiger charge is -2.43. The summed E-state index contributed by atoms with van der Waals surface area (Å²) in [5.74, 6) is 0.122. The van der Waals surface area contributed by atoms with Crippen molar-refractivity contribution in [2.75, 3.05) is 13.1 Å². The van der Waals surface area contributed by atoms with Gasteiger partial charge in [0.1, 0.15) is 6.04 Å². The molecule has 0 bridgehead atoms. The third kappa shape index (κ3) is 4.85. The van der Waals surface area contributed by atoms with E-state index in [0.717, 1.165) is 12.0 Å². The number of aryl methyl sites for hydroxylation is 1. The number of carbonyl (C=O) groups is 2. The second-order valence-corrected chi connectivity index (χ2v) is 8.61. The highest BCUT2D eigenvalue weighted by Crippen LogP contribution is 2.28. The number of rotatable bonds is 5. The topological polar surface area (TPSA) is 75.4 Å². The number of nitrogens with one attached hydrogen (secondary N) is 1. The van der Waals surface area contributed by atoms with Crippen LogP contribution in [0.4, 0.5) is 0 Å². The van der Waals surface area contributed by atoms with Gasteiger partial charge in [-0.1, -0.05) is 45.9 Å². The van der Waals surface area contributed by atoms with Gasteiger partial charge in [0.25, 0.3) is 5.91 Å². The smallest absolute Gasteiger partial charge is 0.252 e. The molecule has 0 saturated carbocycles. The van der Waals surface area contributed by atoms with Crippen LogP contribution in [0.3, 0.4) is 0 Å². The van der Waals surface area contributed by atoms with E-state index in [1.807, 2.05) is 30.0 Å². The molecule has 2 unspecified atom stereocenters. The molecule has 0 aliphatic carbocycles. The standard InChI is InChI=1S/C21H33N3O2/c1-14(2)12-17(23-19(25)16-9-7-6-8-15(16)3)20(26)24-11-10-18(22)21(4,5)13-24/h6-9,14,17-18H,10-13,22H2,1-5H3,(H,23,25). The molecule has 1 aliphatic heterocycles. The number of amides is 2. The zero-order chi connectivity index (χ0) is 19.5. The highest BCUT2D eigenvalue weighted by Gasteiger charge is 2.37. The highest BCUT2D eigenvalue weighted by atomic mass is 16.2. The molecule has 144 valence electrons. The van der Waals surface area contributed by atoms with Crippen molar-refractivity contribution in [3.05, 3.63) is 35.4 Å². The largest absolute Gasteiger partial charge is 0.340 e. The lowest BCUT2D eigenvalue weighted by atomic mass is 9.79. The van der Waals surface area contributed by atoms with Gasteiger partial charge in [-0.05, 0) is 42.7 Å². The summed E-state index contributed by atoms with van der Waals surface area (Å²) in [4.78, 5) is 27.7.